The van der Waals surface area contributed by atoms with Gasteiger partial charge in [-0.25, -0.2) is 8.42 Å². The van der Waals surface area contributed by atoms with Crippen LogP contribution in [0.25, 0.3) is 0 Å². The maximum atomic E-state index is 14.1. The number of nitrogens with one attached hydrogen (secondary N) is 1. The van der Waals surface area contributed by atoms with E-state index < -0.39 is 34.1 Å². The molecule has 12 heteroatoms. The first-order valence-electron chi connectivity index (χ1n) is 12.7. The molecule has 2 amide bonds. The Morgan fingerprint density at radius 1 is 0.878 bits per heavy atom. The summed E-state index contributed by atoms with van der Waals surface area (Å²) in [6.45, 7) is 6.58. The topological polar surface area (TPSA) is 86.8 Å². The molecule has 0 aromatic heterocycles. The molecule has 0 aliphatic rings. The number of rotatable bonds is 10. The Labute approximate surface area is 261 Å². The molecule has 3 aromatic rings. The molecule has 0 saturated heterocycles. The molecule has 0 spiro atoms. The Balaban J connectivity index is 2.12. The highest BCUT2D eigenvalue weighted by molar-refractivity contribution is 7.92. The van der Waals surface area contributed by atoms with Crippen LogP contribution in [0.3, 0.4) is 0 Å². The second kappa shape index (κ2) is 13.7. The number of nitrogens with zero attached hydrogens (tertiary/aromatic N) is 2. The first kappa shape index (κ1) is 33.0. The molecule has 3 rings (SSSR count). The van der Waals surface area contributed by atoms with Gasteiger partial charge in [0.05, 0.1) is 30.7 Å². The van der Waals surface area contributed by atoms with Gasteiger partial charge in [-0.2, -0.15) is 0 Å². The van der Waals surface area contributed by atoms with Gasteiger partial charge < -0.3 is 10.2 Å². The number of amides is 2. The summed E-state index contributed by atoms with van der Waals surface area (Å²) in [5.41, 5.74) is 0.0610. The molecular formula is C29H31Cl4N3O4S. The van der Waals surface area contributed by atoms with E-state index in [0.717, 1.165) is 4.31 Å². The molecule has 0 saturated carbocycles. The van der Waals surface area contributed by atoms with Crippen molar-refractivity contribution in [2.24, 2.45) is 0 Å². The van der Waals surface area contributed by atoms with Gasteiger partial charge in [0.1, 0.15) is 12.6 Å². The molecule has 0 radical (unpaired) electrons. The summed E-state index contributed by atoms with van der Waals surface area (Å²) in [6.07, 6.45) is 0.262. The lowest BCUT2D eigenvalue weighted by molar-refractivity contribution is -0.141. The average molecular weight is 659 g/mol. The molecule has 1 atom stereocenters. The van der Waals surface area contributed by atoms with Gasteiger partial charge in [0.25, 0.3) is 10.0 Å². The highest BCUT2D eigenvalue weighted by Gasteiger charge is 2.35. The van der Waals surface area contributed by atoms with Gasteiger partial charge in [0.15, 0.2) is 0 Å². The number of benzene rings is 3. The highest BCUT2D eigenvalue weighted by atomic mass is 35.5. The summed E-state index contributed by atoms with van der Waals surface area (Å²) in [6, 6.07) is 16.2. The summed E-state index contributed by atoms with van der Waals surface area (Å²) < 4.78 is 28.7. The SMILES string of the molecule is CC[C@H](C(=O)NC(C)(C)C)N(Cc1ccc(Cl)c(Cl)c1)C(=O)CN(c1cccc(Cl)c1Cl)S(=O)(=O)c1ccccc1. The summed E-state index contributed by atoms with van der Waals surface area (Å²) in [5, 5.41) is 3.62. The van der Waals surface area contributed by atoms with Gasteiger partial charge in [0.2, 0.25) is 11.8 Å². The number of sulfonamides is 1. The van der Waals surface area contributed by atoms with E-state index in [0.29, 0.717) is 10.6 Å². The standard InChI is InChI=1S/C29H31Cl4N3O4S/c1-5-24(28(38)34-29(2,3)4)35(17-19-14-15-21(30)23(32)16-19)26(37)18-36(25-13-9-12-22(31)27(25)33)41(39,40)20-10-7-6-8-11-20/h6-16,24H,5,17-18H2,1-4H3,(H,34,38)/t24-/m1/s1. The van der Waals surface area contributed by atoms with Gasteiger partial charge in [-0.1, -0.05) is 83.7 Å². The van der Waals surface area contributed by atoms with Crippen LogP contribution >= 0.6 is 46.4 Å². The van der Waals surface area contributed by atoms with Crippen molar-refractivity contribution < 1.29 is 18.0 Å². The summed E-state index contributed by atoms with van der Waals surface area (Å²) >= 11 is 25.0. The Hall–Kier alpha value is -2.49. The molecule has 41 heavy (non-hydrogen) atoms. The number of halogens is 4. The fourth-order valence-electron chi connectivity index (χ4n) is 4.13. The predicted molar refractivity (Wildman–Crippen MR) is 166 cm³/mol. The third kappa shape index (κ3) is 8.30. The zero-order valence-electron chi connectivity index (χ0n) is 23.0. The Morgan fingerprint density at radius 2 is 1.54 bits per heavy atom. The Bertz CT molecular complexity index is 1510. The van der Waals surface area contributed by atoms with E-state index in [2.05, 4.69) is 5.32 Å². The average Bonchev–Trinajstić information content (AvgIpc) is 2.90. The van der Waals surface area contributed by atoms with E-state index in [-0.39, 0.29) is 44.5 Å². The van der Waals surface area contributed by atoms with Crippen molar-refractivity contribution >= 4 is 73.9 Å². The molecule has 7 nitrogen and oxygen atoms in total. The van der Waals surface area contributed by atoms with E-state index in [1.54, 1.807) is 49.4 Å². The fraction of sp³-hybridized carbons (Fsp3) is 0.310. The maximum absolute atomic E-state index is 14.1. The molecule has 1 N–H and O–H groups in total. The normalized spacial score (nSPS) is 12.5. The van der Waals surface area contributed by atoms with Crippen molar-refractivity contribution in [3.8, 4) is 0 Å². The van der Waals surface area contributed by atoms with E-state index in [1.807, 2.05) is 20.8 Å². The van der Waals surface area contributed by atoms with E-state index in [4.69, 9.17) is 46.4 Å². The van der Waals surface area contributed by atoms with Crippen LogP contribution in [-0.2, 0) is 26.2 Å². The number of hydrogen-bond donors (Lipinski definition) is 1. The Morgan fingerprint density at radius 3 is 2.12 bits per heavy atom. The summed E-state index contributed by atoms with van der Waals surface area (Å²) in [5.74, 6) is -1.02. The minimum absolute atomic E-state index is 0.0260. The lowest BCUT2D eigenvalue weighted by atomic mass is 10.1. The van der Waals surface area contributed by atoms with Crippen LogP contribution < -0.4 is 9.62 Å². The minimum atomic E-state index is -4.28. The van der Waals surface area contributed by atoms with Crippen LogP contribution in [0.15, 0.2) is 71.6 Å². The second-order valence-electron chi connectivity index (χ2n) is 10.3. The minimum Gasteiger partial charge on any atom is -0.350 e. The second-order valence-corrected chi connectivity index (χ2v) is 13.8. The van der Waals surface area contributed by atoms with Crippen molar-refractivity contribution in [1.82, 2.24) is 10.2 Å². The molecule has 220 valence electrons. The highest BCUT2D eigenvalue weighted by Crippen LogP contribution is 2.35. The van der Waals surface area contributed by atoms with Crippen molar-refractivity contribution in [3.05, 3.63) is 92.4 Å². The van der Waals surface area contributed by atoms with Gasteiger partial charge in [-0.3, -0.25) is 13.9 Å². The summed E-state index contributed by atoms with van der Waals surface area (Å²) in [7, 11) is -4.28. The van der Waals surface area contributed by atoms with Crippen molar-refractivity contribution in [3.63, 3.8) is 0 Å². The van der Waals surface area contributed by atoms with Gasteiger partial charge in [-0.15, -0.1) is 0 Å². The summed E-state index contributed by atoms with van der Waals surface area (Å²) in [4.78, 5) is 28.8. The third-order valence-corrected chi connectivity index (χ3v) is 9.35. The van der Waals surface area contributed by atoms with Crippen molar-refractivity contribution in [2.75, 3.05) is 10.8 Å². The zero-order chi connectivity index (χ0) is 30.5. The van der Waals surface area contributed by atoms with Crippen LogP contribution in [0, 0.1) is 0 Å². The van der Waals surface area contributed by atoms with Gasteiger partial charge >= 0.3 is 0 Å². The van der Waals surface area contributed by atoms with Gasteiger partial charge in [-0.05, 0) is 69.2 Å². The number of carbonyl (C=O) groups excluding carboxylic acids is 2. The Kier molecular flexibility index (Phi) is 11.0. The van der Waals surface area contributed by atoms with Crippen LogP contribution in [0.1, 0.15) is 39.7 Å². The molecule has 3 aromatic carbocycles. The quantitative estimate of drug-likeness (QED) is 0.249. The molecule has 0 unspecified atom stereocenters. The lowest BCUT2D eigenvalue weighted by Gasteiger charge is -2.35. The first-order chi connectivity index (χ1) is 19.2. The smallest absolute Gasteiger partial charge is 0.264 e. The largest absolute Gasteiger partial charge is 0.350 e. The molecular weight excluding hydrogens is 628 g/mol. The van der Waals surface area contributed by atoms with Crippen LogP contribution in [0.4, 0.5) is 5.69 Å². The number of carbonyl (C=O) groups is 2. The van der Waals surface area contributed by atoms with E-state index in [1.165, 1.54) is 29.2 Å². The molecule has 0 bridgehead atoms. The third-order valence-electron chi connectivity index (χ3n) is 6.03. The monoisotopic (exact) mass is 657 g/mol. The maximum Gasteiger partial charge on any atom is 0.264 e. The molecule has 0 heterocycles. The fourth-order valence-corrected chi connectivity index (χ4v) is 6.34. The zero-order valence-corrected chi connectivity index (χ0v) is 26.8. The van der Waals surface area contributed by atoms with Crippen LogP contribution in [0.5, 0.6) is 0 Å². The molecule has 0 aliphatic heterocycles. The van der Waals surface area contributed by atoms with Gasteiger partial charge in [0, 0.05) is 12.1 Å². The van der Waals surface area contributed by atoms with E-state index in [9.17, 15) is 18.0 Å². The predicted octanol–water partition coefficient (Wildman–Crippen LogP) is 7.22. The van der Waals surface area contributed by atoms with Crippen molar-refractivity contribution in [2.45, 2.75) is 57.1 Å². The van der Waals surface area contributed by atoms with Crippen LogP contribution in [-0.4, -0.2) is 43.3 Å². The number of hydrogen-bond acceptors (Lipinski definition) is 4. The number of anilines is 1. The first-order valence-corrected chi connectivity index (χ1v) is 15.7. The van der Waals surface area contributed by atoms with Crippen LogP contribution in [0.2, 0.25) is 20.1 Å². The van der Waals surface area contributed by atoms with Crippen molar-refractivity contribution in [1.29, 1.82) is 0 Å². The molecule has 0 fully saturated rings. The van der Waals surface area contributed by atoms with E-state index >= 15 is 0 Å². The molecule has 0 aliphatic carbocycles. The lowest BCUT2D eigenvalue weighted by Crippen LogP contribution is -2.55.